The van der Waals surface area contributed by atoms with Gasteiger partial charge in [-0.2, -0.15) is 0 Å². The van der Waals surface area contributed by atoms with Gasteiger partial charge in [-0.1, -0.05) is 36.6 Å². The van der Waals surface area contributed by atoms with E-state index in [9.17, 15) is 19.1 Å². The average Bonchev–Trinajstić information content (AvgIpc) is 2.88. The molecule has 196 valence electrons. The molecule has 8 heteroatoms. The van der Waals surface area contributed by atoms with E-state index in [-0.39, 0.29) is 29.9 Å². The first-order valence-electron chi connectivity index (χ1n) is 12.9. The summed E-state index contributed by atoms with van der Waals surface area (Å²) in [7, 11) is 0. The second-order valence-corrected chi connectivity index (χ2v) is 10.7. The number of fused-ring (bicyclic) bond motifs is 2. The lowest BCUT2D eigenvalue weighted by molar-refractivity contribution is -0.143. The molecule has 5 rings (SSSR count). The Balaban J connectivity index is 1.26. The minimum Gasteiger partial charge on any atom is -0.489 e. The number of hydrogen-bond acceptors (Lipinski definition) is 5. The van der Waals surface area contributed by atoms with Gasteiger partial charge in [0.15, 0.2) is 0 Å². The molecule has 2 heterocycles. The number of aryl methyl sites for hydroxylation is 1. The van der Waals surface area contributed by atoms with Crippen molar-refractivity contribution < 1.29 is 23.4 Å². The monoisotopic (exact) mass is 527 g/mol. The number of carbonyl (C=O) groups excluding carboxylic acids is 1. The largest absolute Gasteiger partial charge is 0.489 e. The van der Waals surface area contributed by atoms with Gasteiger partial charge in [-0.25, -0.2) is 9.18 Å². The van der Waals surface area contributed by atoms with Crippen LogP contribution in [0.4, 0.5) is 4.39 Å². The van der Waals surface area contributed by atoms with Gasteiger partial charge in [0, 0.05) is 48.0 Å². The molecule has 2 fully saturated rings. The van der Waals surface area contributed by atoms with E-state index in [2.05, 4.69) is 0 Å². The summed E-state index contributed by atoms with van der Waals surface area (Å²) in [5.74, 6) is 0.0989. The lowest BCUT2D eigenvalue weighted by Crippen LogP contribution is -2.54. The third-order valence-corrected chi connectivity index (χ3v) is 8.48. The molecule has 2 atom stereocenters. The number of aliphatic hydroxyl groups is 1. The lowest BCUT2D eigenvalue weighted by Gasteiger charge is -2.47. The molecule has 2 aliphatic rings. The predicted octanol–water partition coefficient (Wildman–Crippen LogP) is 5.56. The standard InChI is InChI=1S/C29H31ClFNO5/c1-18-22-9-8-21(36-17-19-5-4-7-24(31)27(19)30)15-25(22)37-28(34)23(18)10-11-26(33)32-14-13-29(35)12-3-2-6-20(29)16-32/h4-5,7-9,15,20,35H,2-3,6,10-14,16-17H2,1H3/t20-,29-/m0/s1. The summed E-state index contributed by atoms with van der Waals surface area (Å²) in [6.45, 7) is 3.07. The van der Waals surface area contributed by atoms with Crippen LogP contribution in [0.15, 0.2) is 45.6 Å². The minimum absolute atomic E-state index is 0.00581. The topological polar surface area (TPSA) is 80.0 Å². The fourth-order valence-electron chi connectivity index (χ4n) is 5.76. The van der Waals surface area contributed by atoms with Gasteiger partial charge in [-0.05, 0) is 56.4 Å². The Kier molecular flexibility index (Phi) is 7.28. The Morgan fingerprint density at radius 1 is 1.27 bits per heavy atom. The minimum atomic E-state index is -0.628. The molecule has 1 N–H and O–H groups in total. The molecular weight excluding hydrogens is 497 g/mol. The molecule has 1 aromatic heterocycles. The van der Waals surface area contributed by atoms with E-state index in [0.717, 1.165) is 36.6 Å². The first-order chi connectivity index (χ1) is 17.7. The summed E-state index contributed by atoms with van der Waals surface area (Å²) >= 11 is 6.00. The molecule has 3 aromatic rings. The molecule has 2 aromatic carbocycles. The molecule has 1 amide bonds. The van der Waals surface area contributed by atoms with Crippen molar-refractivity contribution in [1.82, 2.24) is 4.90 Å². The zero-order chi connectivity index (χ0) is 26.2. The summed E-state index contributed by atoms with van der Waals surface area (Å²) in [6, 6.07) is 9.74. The second-order valence-electron chi connectivity index (χ2n) is 10.3. The highest BCUT2D eigenvalue weighted by Gasteiger charge is 2.43. The van der Waals surface area contributed by atoms with Crippen LogP contribution >= 0.6 is 11.6 Å². The van der Waals surface area contributed by atoms with E-state index in [1.54, 1.807) is 24.3 Å². The van der Waals surface area contributed by atoms with Crippen molar-refractivity contribution in [2.75, 3.05) is 13.1 Å². The highest BCUT2D eigenvalue weighted by Crippen LogP contribution is 2.40. The zero-order valence-corrected chi connectivity index (χ0v) is 21.7. The van der Waals surface area contributed by atoms with Crippen LogP contribution in [0.25, 0.3) is 11.0 Å². The summed E-state index contributed by atoms with van der Waals surface area (Å²) in [5, 5.41) is 11.7. The Labute approximate surface area is 220 Å². The molecule has 1 saturated carbocycles. The third kappa shape index (κ3) is 5.25. The summed E-state index contributed by atoms with van der Waals surface area (Å²) in [5.41, 5.74) is 1.07. The zero-order valence-electron chi connectivity index (χ0n) is 20.9. The fourth-order valence-corrected chi connectivity index (χ4v) is 5.94. The number of nitrogens with zero attached hydrogens (tertiary/aromatic N) is 1. The molecule has 1 aliphatic heterocycles. The number of halogens is 2. The van der Waals surface area contributed by atoms with Crippen molar-refractivity contribution in [3.8, 4) is 5.75 Å². The van der Waals surface area contributed by atoms with E-state index >= 15 is 0 Å². The normalized spacial score (nSPS) is 21.6. The van der Waals surface area contributed by atoms with Crippen molar-refractivity contribution in [1.29, 1.82) is 0 Å². The van der Waals surface area contributed by atoms with Crippen LogP contribution in [0.1, 0.15) is 55.2 Å². The SMILES string of the molecule is Cc1c(CCC(=O)N2CC[C@@]3(O)CCCC[C@H]3C2)c(=O)oc2cc(OCc3cccc(F)c3Cl)ccc12. The molecule has 0 unspecified atom stereocenters. The predicted molar refractivity (Wildman–Crippen MR) is 139 cm³/mol. The number of benzene rings is 2. The Hall–Kier alpha value is -2.90. The van der Waals surface area contributed by atoms with E-state index in [4.69, 9.17) is 20.8 Å². The number of hydrogen-bond donors (Lipinski definition) is 1. The van der Waals surface area contributed by atoms with Gasteiger partial charge in [0.05, 0.1) is 10.6 Å². The van der Waals surface area contributed by atoms with E-state index in [0.29, 0.717) is 48.4 Å². The fraction of sp³-hybridized carbons (Fsp3) is 0.448. The highest BCUT2D eigenvalue weighted by molar-refractivity contribution is 6.31. The van der Waals surface area contributed by atoms with Crippen molar-refractivity contribution in [2.24, 2.45) is 5.92 Å². The maximum Gasteiger partial charge on any atom is 0.339 e. The van der Waals surface area contributed by atoms with Crippen LogP contribution in [0.3, 0.4) is 0 Å². The third-order valence-electron chi connectivity index (χ3n) is 8.05. The summed E-state index contributed by atoms with van der Waals surface area (Å²) < 4.78 is 25.0. The van der Waals surface area contributed by atoms with Gasteiger partial charge in [0.1, 0.15) is 23.8 Å². The van der Waals surface area contributed by atoms with E-state index in [1.165, 1.54) is 6.07 Å². The summed E-state index contributed by atoms with van der Waals surface area (Å²) in [4.78, 5) is 27.6. The molecule has 6 nitrogen and oxygen atoms in total. The number of piperidine rings is 1. The van der Waals surface area contributed by atoms with Gasteiger partial charge < -0.3 is 19.2 Å². The van der Waals surface area contributed by atoms with Crippen LogP contribution in [0.5, 0.6) is 5.75 Å². The second kappa shape index (κ2) is 10.5. The number of amides is 1. The maximum absolute atomic E-state index is 13.7. The summed E-state index contributed by atoms with van der Waals surface area (Å²) in [6.07, 6.45) is 5.06. The van der Waals surface area contributed by atoms with Crippen LogP contribution in [-0.4, -0.2) is 34.6 Å². The van der Waals surface area contributed by atoms with Crippen LogP contribution in [-0.2, 0) is 17.8 Å². The van der Waals surface area contributed by atoms with Gasteiger partial charge >= 0.3 is 5.63 Å². The number of likely N-dealkylation sites (tertiary alicyclic amines) is 1. The van der Waals surface area contributed by atoms with Crippen molar-refractivity contribution in [3.05, 3.63) is 74.3 Å². The van der Waals surface area contributed by atoms with Crippen LogP contribution in [0, 0.1) is 18.7 Å². The Morgan fingerprint density at radius 3 is 2.95 bits per heavy atom. The van der Waals surface area contributed by atoms with Crippen molar-refractivity contribution >= 4 is 28.5 Å². The first kappa shape index (κ1) is 25.7. The molecular formula is C29H31ClFNO5. The highest BCUT2D eigenvalue weighted by atomic mass is 35.5. The van der Waals surface area contributed by atoms with E-state index in [1.807, 2.05) is 17.9 Å². The van der Waals surface area contributed by atoms with E-state index < -0.39 is 17.0 Å². The first-order valence-corrected chi connectivity index (χ1v) is 13.2. The van der Waals surface area contributed by atoms with Crippen molar-refractivity contribution in [2.45, 2.75) is 64.1 Å². The number of ether oxygens (including phenoxy) is 1. The molecule has 37 heavy (non-hydrogen) atoms. The van der Waals surface area contributed by atoms with Crippen molar-refractivity contribution in [3.63, 3.8) is 0 Å². The smallest absolute Gasteiger partial charge is 0.339 e. The van der Waals surface area contributed by atoms with Gasteiger partial charge in [0.25, 0.3) is 0 Å². The molecule has 0 spiro atoms. The number of rotatable bonds is 6. The molecule has 0 bridgehead atoms. The molecule has 1 saturated heterocycles. The Bertz CT molecular complexity index is 1390. The number of carbonyl (C=O) groups is 1. The quantitative estimate of drug-likeness (QED) is 0.425. The molecule has 0 radical (unpaired) electrons. The van der Waals surface area contributed by atoms with Crippen LogP contribution in [0.2, 0.25) is 5.02 Å². The van der Waals surface area contributed by atoms with Crippen LogP contribution < -0.4 is 10.4 Å². The van der Waals surface area contributed by atoms with Gasteiger partial charge in [-0.15, -0.1) is 0 Å². The van der Waals surface area contributed by atoms with Gasteiger partial charge in [-0.3, -0.25) is 4.79 Å². The Morgan fingerprint density at radius 2 is 2.11 bits per heavy atom. The molecule has 1 aliphatic carbocycles. The van der Waals surface area contributed by atoms with Gasteiger partial charge in [0.2, 0.25) is 5.91 Å². The maximum atomic E-state index is 13.7. The lowest BCUT2D eigenvalue weighted by atomic mass is 9.71. The average molecular weight is 528 g/mol.